The molecule has 0 radical (unpaired) electrons. The van der Waals surface area contributed by atoms with E-state index in [2.05, 4.69) is 46.0 Å². The third-order valence-electron chi connectivity index (χ3n) is 7.04. The van der Waals surface area contributed by atoms with Crippen LogP contribution in [0.1, 0.15) is 44.9 Å². The molecule has 7 heteroatoms. The van der Waals surface area contributed by atoms with Gasteiger partial charge in [-0.3, -0.25) is 9.80 Å². The van der Waals surface area contributed by atoms with Crippen LogP contribution in [0.3, 0.4) is 0 Å². The van der Waals surface area contributed by atoms with Crippen LogP contribution < -0.4 is 4.74 Å². The molecule has 1 saturated heterocycles. The van der Waals surface area contributed by atoms with E-state index >= 15 is 0 Å². The van der Waals surface area contributed by atoms with Crippen molar-refractivity contribution in [2.45, 2.75) is 70.4 Å². The van der Waals surface area contributed by atoms with Gasteiger partial charge in [0.2, 0.25) is 0 Å². The number of aromatic amines is 1. The Morgan fingerprint density at radius 3 is 2.40 bits per heavy atom. The topological polar surface area (TPSA) is 31.5 Å². The second-order valence-electron chi connectivity index (χ2n) is 10.8. The Balaban J connectivity index is 0.000000147. The van der Waals surface area contributed by atoms with Crippen LogP contribution in [-0.4, -0.2) is 58.3 Å². The van der Waals surface area contributed by atoms with Crippen LogP contribution in [-0.2, 0) is 13.0 Å². The Hall–Kier alpha value is -2.51. The van der Waals surface area contributed by atoms with Gasteiger partial charge in [-0.1, -0.05) is 18.2 Å². The van der Waals surface area contributed by atoms with Gasteiger partial charge >= 0.3 is 0 Å². The second-order valence-corrected chi connectivity index (χ2v) is 10.8. The molecule has 2 aromatic carbocycles. The van der Waals surface area contributed by atoms with E-state index in [1.54, 1.807) is 13.8 Å². The Kier molecular flexibility index (Phi) is 6.57. The molecule has 2 aliphatic heterocycles. The first-order chi connectivity index (χ1) is 16.6. The molecule has 0 amide bonds. The fourth-order valence-electron chi connectivity index (χ4n) is 5.17. The molecule has 0 bridgehead atoms. The van der Waals surface area contributed by atoms with Gasteiger partial charge in [0.05, 0.1) is 0 Å². The first-order valence-corrected chi connectivity index (χ1v) is 12.5. The normalized spacial score (nSPS) is 21.3. The minimum atomic E-state index is -1.14. The second kappa shape index (κ2) is 9.51. The maximum Gasteiger partial charge on any atom is 0.129 e. The predicted octanol–water partition coefficient (Wildman–Crippen LogP) is 5.85. The van der Waals surface area contributed by atoms with Crippen molar-refractivity contribution in [3.63, 3.8) is 0 Å². The largest absolute Gasteiger partial charge is 0.488 e. The average Bonchev–Trinajstić information content (AvgIpc) is 3.51. The van der Waals surface area contributed by atoms with Crippen LogP contribution in [0.25, 0.3) is 10.9 Å². The first kappa shape index (κ1) is 24.2. The van der Waals surface area contributed by atoms with Crippen molar-refractivity contribution >= 4 is 10.9 Å². The summed E-state index contributed by atoms with van der Waals surface area (Å²) in [5.41, 5.74) is 2.72. The molecule has 1 aromatic heterocycles. The zero-order chi connectivity index (χ0) is 24.7. The molecule has 0 spiro atoms. The minimum Gasteiger partial charge on any atom is -0.488 e. The molecule has 3 heterocycles. The predicted molar refractivity (Wildman–Crippen MR) is 132 cm³/mol. The third-order valence-corrected chi connectivity index (χ3v) is 7.04. The molecular weight excluding hydrogens is 451 g/mol. The highest BCUT2D eigenvalue weighted by Crippen LogP contribution is 2.32. The van der Waals surface area contributed by atoms with Gasteiger partial charge in [0.1, 0.15) is 29.2 Å². The highest BCUT2D eigenvalue weighted by Gasteiger charge is 2.39. The highest BCUT2D eigenvalue weighted by atomic mass is 19.1. The molecule has 3 aliphatic rings. The minimum absolute atomic E-state index is 0.0850. The number of H-pyrrole nitrogens is 1. The smallest absolute Gasteiger partial charge is 0.129 e. The fourth-order valence-corrected chi connectivity index (χ4v) is 5.17. The van der Waals surface area contributed by atoms with Gasteiger partial charge in [-0.05, 0) is 51.7 Å². The highest BCUT2D eigenvalue weighted by molar-refractivity contribution is 5.84. The molecule has 1 saturated carbocycles. The number of hydrogen-bond acceptors (Lipinski definition) is 3. The van der Waals surface area contributed by atoms with Crippen molar-refractivity contribution in [3.8, 4) is 5.75 Å². The molecule has 4 nitrogen and oxygen atoms in total. The van der Waals surface area contributed by atoms with Crippen molar-refractivity contribution in [1.29, 1.82) is 0 Å². The monoisotopic (exact) mass is 485 g/mol. The van der Waals surface area contributed by atoms with Crippen molar-refractivity contribution < 1.29 is 17.9 Å². The number of benzene rings is 2. The Morgan fingerprint density at radius 2 is 1.74 bits per heavy atom. The standard InChI is InChI=1S/C16H21FN2.C12H13F2NO/c1-11-8-13-12-6-4-5-7-14(12)18-15(13)9-19(11)10-16(2,3)17;13-8-3-9(14)5-11(4-8)16-12-6-15(7-12)10-1-2-10/h4-7,11,18H,8-10H2,1-3H3;3-5,10,12H,1-2,6-7H2/t11-;/m1./s1. The van der Waals surface area contributed by atoms with E-state index in [0.717, 1.165) is 38.2 Å². The van der Waals surface area contributed by atoms with Crippen LogP contribution in [0.4, 0.5) is 13.2 Å². The van der Waals surface area contributed by atoms with E-state index < -0.39 is 17.3 Å². The summed E-state index contributed by atoms with van der Waals surface area (Å²) in [5.74, 6) is -0.889. The zero-order valence-corrected chi connectivity index (χ0v) is 20.7. The summed E-state index contributed by atoms with van der Waals surface area (Å²) in [7, 11) is 0. The third kappa shape index (κ3) is 5.84. The molecule has 2 fully saturated rings. The molecule has 0 unspecified atom stereocenters. The number of nitrogens with zero attached hydrogens (tertiary/aromatic N) is 2. The quantitative estimate of drug-likeness (QED) is 0.492. The van der Waals surface area contributed by atoms with Gasteiger partial charge in [-0.15, -0.1) is 0 Å². The van der Waals surface area contributed by atoms with E-state index in [1.807, 2.05) is 0 Å². The van der Waals surface area contributed by atoms with E-state index in [4.69, 9.17) is 4.74 Å². The number of ether oxygens (including phenoxy) is 1. The Bertz CT molecular complexity index is 1160. The van der Waals surface area contributed by atoms with Gasteiger partial charge in [-0.25, -0.2) is 13.2 Å². The van der Waals surface area contributed by atoms with Crippen LogP contribution in [0.2, 0.25) is 0 Å². The van der Waals surface area contributed by atoms with E-state index in [0.29, 0.717) is 12.6 Å². The van der Waals surface area contributed by atoms with Crippen LogP contribution in [0, 0.1) is 11.6 Å². The summed E-state index contributed by atoms with van der Waals surface area (Å²) in [5, 5.41) is 1.32. The number of halogens is 3. The van der Waals surface area contributed by atoms with Gasteiger partial charge < -0.3 is 9.72 Å². The van der Waals surface area contributed by atoms with Gasteiger partial charge in [0.15, 0.2) is 0 Å². The molecule has 1 N–H and O–H groups in total. The number of likely N-dealkylation sites (tertiary alicyclic amines) is 1. The molecule has 188 valence electrons. The lowest BCUT2D eigenvalue weighted by atomic mass is 9.96. The summed E-state index contributed by atoms with van der Waals surface area (Å²) in [6, 6.07) is 12.9. The lowest BCUT2D eigenvalue weighted by Gasteiger charge is -2.39. The Labute approximate surface area is 205 Å². The maximum absolute atomic E-state index is 13.9. The molecule has 1 aliphatic carbocycles. The summed E-state index contributed by atoms with van der Waals surface area (Å²) >= 11 is 0. The lowest BCUT2D eigenvalue weighted by molar-refractivity contribution is 0.0140. The fraction of sp³-hybridized carbons (Fsp3) is 0.500. The maximum atomic E-state index is 13.9. The molecule has 35 heavy (non-hydrogen) atoms. The number of para-hydroxylation sites is 1. The number of aromatic nitrogens is 1. The number of alkyl halides is 1. The molecule has 3 aromatic rings. The van der Waals surface area contributed by atoms with Crippen molar-refractivity contribution in [2.24, 2.45) is 0 Å². The van der Waals surface area contributed by atoms with E-state index in [-0.39, 0.29) is 11.9 Å². The van der Waals surface area contributed by atoms with Crippen LogP contribution in [0.5, 0.6) is 5.75 Å². The van der Waals surface area contributed by atoms with Gasteiger partial charge in [0, 0.05) is 73.1 Å². The van der Waals surface area contributed by atoms with E-state index in [9.17, 15) is 13.2 Å². The number of hydrogen-bond donors (Lipinski definition) is 1. The molecular formula is C28H34F3N3O. The molecule has 6 rings (SSSR count). The van der Waals surface area contributed by atoms with Crippen molar-refractivity contribution in [1.82, 2.24) is 14.8 Å². The Morgan fingerprint density at radius 1 is 1.06 bits per heavy atom. The number of fused-ring (bicyclic) bond motifs is 3. The van der Waals surface area contributed by atoms with Gasteiger partial charge in [0.25, 0.3) is 0 Å². The summed E-state index contributed by atoms with van der Waals surface area (Å²) in [4.78, 5) is 8.07. The average molecular weight is 486 g/mol. The van der Waals surface area contributed by atoms with Crippen LogP contribution in [0.15, 0.2) is 42.5 Å². The lowest BCUT2D eigenvalue weighted by Crippen LogP contribution is -2.54. The van der Waals surface area contributed by atoms with Crippen molar-refractivity contribution in [3.05, 3.63) is 65.4 Å². The van der Waals surface area contributed by atoms with E-state index in [1.165, 1.54) is 47.1 Å². The summed E-state index contributed by atoms with van der Waals surface area (Å²) < 4.78 is 45.1. The van der Waals surface area contributed by atoms with Crippen molar-refractivity contribution in [2.75, 3.05) is 19.6 Å². The number of nitrogens with one attached hydrogen (secondary N) is 1. The zero-order valence-electron chi connectivity index (χ0n) is 20.7. The SMILES string of the molecule is C[C@@H]1Cc2c([nH]c3ccccc23)CN1CC(C)(C)F.Fc1cc(F)cc(OC2CN(C3CC3)C2)c1. The number of rotatable bonds is 5. The summed E-state index contributed by atoms with van der Waals surface area (Å²) in [6.45, 7) is 8.56. The van der Waals surface area contributed by atoms with Gasteiger partial charge in [-0.2, -0.15) is 0 Å². The summed E-state index contributed by atoms with van der Waals surface area (Å²) in [6.07, 6.45) is 3.64. The molecule has 1 atom stereocenters. The van der Waals surface area contributed by atoms with Crippen LogP contribution >= 0.6 is 0 Å². The first-order valence-electron chi connectivity index (χ1n) is 12.5.